The Bertz CT molecular complexity index is 85.6. The van der Waals surface area contributed by atoms with E-state index in [1.165, 1.54) is 0 Å². The summed E-state index contributed by atoms with van der Waals surface area (Å²) in [6, 6.07) is 0.532. The van der Waals surface area contributed by atoms with Gasteiger partial charge in [0.05, 0.1) is 0 Å². The number of rotatable bonds is 3. The first-order valence-electron chi connectivity index (χ1n) is 3.25. The fraction of sp³-hybridized carbons (Fsp3) is 0.857. The average molecular weight is 135 g/mol. The normalized spacial score (nSPS) is 9.40. The standard InChI is InChI=1S/C7H14NO.Li/c1-6(2)8(5-9)7(3)4;/h6-7H,1-4H3;/q-1;+1. The van der Waals surface area contributed by atoms with E-state index in [0.29, 0.717) is 0 Å². The van der Waals surface area contributed by atoms with Gasteiger partial charge in [0.1, 0.15) is 0 Å². The molecule has 0 unspecified atom stereocenters. The number of carbonyl (C=O) groups excluding carboxylic acids is 1. The van der Waals surface area contributed by atoms with E-state index in [2.05, 4.69) is 0 Å². The molecule has 10 heavy (non-hydrogen) atoms. The van der Waals surface area contributed by atoms with Gasteiger partial charge in [-0.15, -0.1) is 0 Å². The molecule has 0 saturated carbocycles. The van der Waals surface area contributed by atoms with Crippen molar-refractivity contribution in [1.29, 1.82) is 0 Å². The minimum absolute atomic E-state index is 0. The van der Waals surface area contributed by atoms with E-state index in [9.17, 15) is 4.79 Å². The zero-order chi connectivity index (χ0) is 7.44. The van der Waals surface area contributed by atoms with Crippen molar-refractivity contribution in [2.24, 2.45) is 0 Å². The molecule has 0 atom stereocenters. The molecule has 0 aliphatic heterocycles. The Morgan fingerprint density at radius 3 is 1.40 bits per heavy atom. The second-order valence-corrected chi connectivity index (χ2v) is 2.69. The first-order valence-corrected chi connectivity index (χ1v) is 3.25. The molecular formula is C7H14LiNO. The summed E-state index contributed by atoms with van der Waals surface area (Å²) in [6.45, 7) is 7.91. The number of amides is 1. The van der Waals surface area contributed by atoms with Gasteiger partial charge in [-0.25, -0.2) is 0 Å². The Hall–Kier alpha value is 0.0674. The van der Waals surface area contributed by atoms with Gasteiger partial charge in [-0.3, -0.25) is 0 Å². The van der Waals surface area contributed by atoms with Gasteiger partial charge in [-0.1, -0.05) is 0 Å². The Labute approximate surface area is 75.1 Å². The Morgan fingerprint density at radius 2 is 1.40 bits per heavy atom. The molecule has 0 aliphatic carbocycles. The van der Waals surface area contributed by atoms with Gasteiger partial charge in [0.25, 0.3) is 0 Å². The molecule has 3 heteroatoms. The van der Waals surface area contributed by atoms with Crippen LogP contribution in [0.4, 0.5) is 0 Å². The van der Waals surface area contributed by atoms with Gasteiger partial charge in [0, 0.05) is 0 Å². The number of hydrogen-bond acceptors (Lipinski definition) is 1. The molecule has 0 spiro atoms. The van der Waals surface area contributed by atoms with E-state index in [1.54, 1.807) is 4.90 Å². The van der Waals surface area contributed by atoms with Gasteiger partial charge < -0.3 is 9.69 Å². The molecule has 54 valence electrons. The molecule has 0 aromatic carbocycles. The zero-order valence-electron chi connectivity index (χ0n) is 7.51. The van der Waals surface area contributed by atoms with Crippen LogP contribution >= 0.6 is 0 Å². The largest absolute Gasteiger partial charge is 1.00 e. The number of hydrogen-bond donors (Lipinski definition) is 0. The smallest absolute Gasteiger partial charge is 0.520 e. The maximum atomic E-state index is 10.2. The van der Waals surface area contributed by atoms with Crippen LogP contribution in [0.5, 0.6) is 0 Å². The summed E-state index contributed by atoms with van der Waals surface area (Å²) in [5, 5.41) is 0. The molecular weight excluding hydrogens is 121 g/mol. The minimum Gasteiger partial charge on any atom is -0.520 e. The van der Waals surface area contributed by atoms with Crippen LogP contribution in [-0.2, 0) is 4.79 Å². The van der Waals surface area contributed by atoms with Crippen LogP contribution in [0.1, 0.15) is 27.7 Å². The predicted octanol–water partition coefficient (Wildman–Crippen LogP) is -1.82. The van der Waals surface area contributed by atoms with Crippen molar-refractivity contribution in [3.63, 3.8) is 0 Å². The summed E-state index contributed by atoms with van der Waals surface area (Å²) in [4.78, 5) is 11.8. The fourth-order valence-electron chi connectivity index (χ4n) is 0.807. The van der Waals surface area contributed by atoms with Gasteiger partial charge >= 0.3 is 18.9 Å². The van der Waals surface area contributed by atoms with Crippen molar-refractivity contribution < 1.29 is 23.7 Å². The van der Waals surface area contributed by atoms with E-state index in [0.717, 1.165) is 0 Å². The SMILES string of the molecule is CC(C)N([C-]=O)C(C)C.[Li+]. The quantitative estimate of drug-likeness (QED) is 0.253. The zero-order valence-corrected chi connectivity index (χ0v) is 7.51. The number of nitrogens with zero attached hydrogens (tertiary/aromatic N) is 1. The topological polar surface area (TPSA) is 20.3 Å². The van der Waals surface area contributed by atoms with Crippen molar-refractivity contribution >= 4 is 6.41 Å². The van der Waals surface area contributed by atoms with Crippen LogP contribution in [0, 0.1) is 0 Å². The van der Waals surface area contributed by atoms with Crippen LogP contribution in [0.2, 0.25) is 0 Å². The third kappa shape index (κ3) is 3.98. The van der Waals surface area contributed by atoms with Crippen LogP contribution in [0.25, 0.3) is 0 Å². The Morgan fingerprint density at radius 1 is 1.10 bits per heavy atom. The van der Waals surface area contributed by atoms with E-state index in [-0.39, 0.29) is 30.9 Å². The second-order valence-electron chi connectivity index (χ2n) is 2.69. The van der Waals surface area contributed by atoms with E-state index in [4.69, 9.17) is 0 Å². The van der Waals surface area contributed by atoms with Gasteiger partial charge in [0.15, 0.2) is 0 Å². The summed E-state index contributed by atoms with van der Waals surface area (Å²) < 4.78 is 0. The monoisotopic (exact) mass is 135 g/mol. The molecule has 0 bridgehead atoms. The van der Waals surface area contributed by atoms with Crippen LogP contribution in [0.15, 0.2) is 0 Å². The van der Waals surface area contributed by atoms with Crippen molar-refractivity contribution in [3.8, 4) is 0 Å². The molecule has 0 saturated heterocycles. The van der Waals surface area contributed by atoms with E-state index < -0.39 is 0 Å². The average Bonchev–Trinajstić information content (AvgIpc) is 1.64. The van der Waals surface area contributed by atoms with Crippen molar-refractivity contribution in [3.05, 3.63) is 0 Å². The van der Waals surface area contributed by atoms with Gasteiger partial charge in [0.2, 0.25) is 0 Å². The van der Waals surface area contributed by atoms with Crippen LogP contribution < -0.4 is 18.9 Å². The summed E-state index contributed by atoms with van der Waals surface area (Å²) in [5.74, 6) is 0. The van der Waals surface area contributed by atoms with Crippen molar-refractivity contribution in [2.75, 3.05) is 0 Å². The first-order chi connectivity index (χ1) is 4.09. The van der Waals surface area contributed by atoms with E-state index in [1.807, 2.05) is 34.1 Å². The molecule has 0 rings (SSSR count). The maximum Gasteiger partial charge on any atom is 1.00 e. The second kappa shape index (κ2) is 5.82. The fourth-order valence-corrected chi connectivity index (χ4v) is 0.807. The molecule has 0 aliphatic rings. The molecule has 0 fully saturated rings. The van der Waals surface area contributed by atoms with Crippen molar-refractivity contribution in [1.82, 2.24) is 4.90 Å². The van der Waals surface area contributed by atoms with Crippen molar-refractivity contribution in [2.45, 2.75) is 39.8 Å². The third-order valence-electron chi connectivity index (χ3n) is 1.22. The molecule has 1 amide bonds. The maximum absolute atomic E-state index is 10.2. The summed E-state index contributed by atoms with van der Waals surface area (Å²) >= 11 is 0. The molecule has 0 aromatic rings. The van der Waals surface area contributed by atoms with Crippen LogP contribution in [0.3, 0.4) is 0 Å². The molecule has 0 heterocycles. The minimum atomic E-state index is 0. The van der Waals surface area contributed by atoms with E-state index >= 15 is 0 Å². The van der Waals surface area contributed by atoms with Gasteiger partial charge in [-0.05, 0) is 39.8 Å². The predicted molar refractivity (Wildman–Crippen MR) is 37.8 cm³/mol. The molecule has 2 nitrogen and oxygen atoms in total. The molecule has 0 aromatic heterocycles. The van der Waals surface area contributed by atoms with Gasteiger partial charge in [-0.2, -0.15) is 6.41 Å². The molecule has 0 radical (unpaired) electrons. The third-order valence-corrected chi connectivity index (χ3v) is 1.22. The Kier molecular flexibility index (Phi) is 7.41. The Balaban J connectivity index is 0. The molecule has 0 N–H and O–H groups in total. The summed E-state index contributed by atoms with van der Waals surface area (Å²) in [6.07, 6.45) is 1.88. The first kappa shape index (κ1) is 12.7. The summed E-state index contributed by atoms with van der Waals surface area (Å²) in [5.41, 5.74) is 0. The summed E-state index contributed by atoms with van der Waals surface area (Å²) in [7, 11) is 0. The van der Waals surface area contributed by atoms with Crippen LogP contribution in [-0.4, -0.2) is 23.4 Å².